The number of hydrogen-bond donors (Lipinski definition) is 0. The maximum Gasteiger partial charge on any atom is 0.168 e. The third-order valence-corrected chi connectivity index (χ3v) is 5.01. The average molecular weight is 239 g/mol. The van der Waals surface area contributed by atoms with E-state index < -0.39 is 0 Å². The van der Waals surface area contributed by atoms with Crippen molar-refractivity contribution in [3.05, 3.63) is 0 Å². The fraction of sp³-hybridized carbons (Fsp3) is 1.00. The van der Waals surface area contributed by atoms with E-state index in [2.05, 4.69) is 11.9 Å². The number of hydrogen-bond acceptors (Lipinski definition) is 3. The monoisotopic (exact) mass is 239 g/mol. The Bertz CT molecular complexity index is 247. The highest BCUT2D eigenvalue weighted by atomic mass is 16.7. The van der Waals surface area contributed by atoms with E-state index >= 15 is 0 Å². The predicted octanol–water partition coefficient (Wildman–Crippen LogP) is 2.55. The predicted molar refractivity (Wildman–Crippen MR) is 66.9 cm³/mol. The van der Waals surface area contributed by atoms with Crippen LogP contribution in [-0.2, 0) is 9.47 Å². The fourth-order valence-electron chi connectivity index (χ4n) is 3.85. The van der Waals surface area contributed by atoms with E-state index in [4.69, 9.17) is 9.47 Å². The smallest absolute Gasteiger partial charge is 0.168 e. The lowest BCUT2D eigenvalue weighted by molar-refractivity contribution is -0.184. The summed E-state index contributed by atoms with van der Waals surface area (Å²) in [7, 11) is 2.33. The molecule has 1 aliphatic heterocycles. The minimum atomic E-state index is -0.187. The Kier molecular flexibility index (Phi) is 3.42. The molecule has 98 valence electrons. The van der Waals surface area contributed by atoms with E-state index in [0.717, 1.165) is 38.1 Å². The van der Waals surface area contributed by atoms with Gasteiger partial charge in [0.2, 0.25) is 0 Å². The molecule has 0 amide bonds. The van der Waals surface area contributed by atoms with Crippen LogP contribution in [0.2, 0.25) is 0 Å². The van der Waals surface area contributed by atoms with Crippen molar-refractivity contribution in [1.82, 2.24) is 4.90 Å². The molecule has 3 aliphatic rings. The van der Waals surface area contributed by atoms with Gasteiger partial charge in [0.05, 0.1) is 13.2 Å². The lowest BCUT2D eigenvalue weighted by Crippen LogP contribution is -2.45. The van der Waals surface area contributed by atoms with E-state index in [-0.39, 0.29) is 5.79 Å². The maximum atomic E-state index is 5.79. The molecular weight excluding hydrogens is 214 g/mol. The molecule has 3 rings (SSSR count). The summed E-state index contributed by atoms with van der Waals surface area (Å²) >= 11 is 0. The van der Waals surface area contributed by atoms with Crippen molar-refractivity contribution >= 4 is 0 Å². The van der Waals surface area contributed by atoms with Crippen molar-refractivity contribution < 1.29 is 9.47 Å². The van der Waals surface area contributed by atoms with E-state index in [0.29, 0.717) is 0 Å². The van der Waals surface area contributed by atoms with E-state index in [9.17, 15) is 0 Å². The van der Waals surface area contributed by atoms with Gasteiger partial charge in [-0.25, -0.2) is 0 Å². The molecule has 0 aromatic carbocycles. The van der Waals surface area contributed by atoms with Crippen LogP contribution in [0.25, 0.3) is 0 Å². The Morgan fingerprint density at radius 2 is 1.41 bits per heavy atom. The van der Waals surface area contributed by atoms with Crippen molar-refractivity contribution in [2.45, 2.75) is 69.2 Å². The second kappa shape index (κ2) is 4.87. The van der Waals surface area contributed by atoms with Crippen molar-refractivity contribution in [1.29, 1.82) is 0 Å². The maximum absolute atomic E-state index is 5.79. The van der Waals surface area contributed by atoms with Crippen LogP contribution < -0.4 is 0 Å². The van der Waals surface area contributed by atoms with Gasteiger partial charge < -0.3 is 14.4 Å². The molecule has 1 saturated heterocycles. The first-order valence-electron chi connectivity index (χ1n) is 7.29. The Hall–Kier alpha value is -0.120. The summed E-state index contributed by atoms with van der Waals surface area (Å²) in [6.45, 7) is 1.59. The van der Waals surface area contributed by atoms with Crippen LogP contribution in [0.15, 0.2) is 0 Å². The molecule has 2 saturated carbocycles. The summed E-state index contributed by atoms with van der Waals surface area (Å²) in [6.07, 6.45) is 10.3. The van der Waals surface area contributed by atoms with Crippen LogP contribution in [0.3, 0.4) is 0 Å². The largest absolute Gasteiger partial charge is 0.348 e. The Morgan fingerprint density at radius 1 is 0.882 bits per heavy atom. The van der Waals surface area contributed by atoms with Gasteiger partial charge in [-0.2, -0.15) is 0 Å². The first-order valence-corrected chi connectivity index (χ1v) is 7.29. The normalized spacial score (nSPS) is 30.7. The molecule has 0 N–H and O–H groups in total. The SMILES string of the molecule is CN(C1CCCC1)C1CCC2(CC1)OCCO2. The summed E-state index contributed by atoms with van der Waals surface area (Å²) in [5, 5.41) is 0. The zero-order valence-corrected chi connectivity index (χ0v) is 11.0. The molecule has 0 aromatic heterocycles. The second-order valence-corrected chi connectivity index (χ2v) is 5.94. The lowest BCUT2D eigenvalue weighted by Gasteiger charge is -2.41. The van der Waals surface area contributed by atoms with Crippen molar-refractivity contribution in [2.24, 2.45) is 0 Å². The minimum absolute atomic E-state index is 0.187. The summed E-state index contributed by atoms with van der Waals surface area (Å²) in [6, 6.07) is 1.61. The van der Waals surface area contributed by atoms with Gasteiger partial charge in [-0.15, -0.1) is 0 Å². The number of nitrogens with zero attached hydrogens (tertiary/aromatic N) is 1. The first kappa shape index (κ1) is 11.9. The second-order valence-electron chi connectivity index (χ2n) is 5.94. The van der Waals surface area contributed by atoms with Gasteiger partial charge in [-0.1, -0.05) is 12.8 Å². The summed E-state index contributed by atoms with van der Waals surface area (Å²) < 4.78 is 11.6. The molecule has 0 aromatic rings. The Morgan fingerprint density at radius 3 is 2.00 bits per heavy atom. The first-order chi connectivity index (χ1) is 8.29. The van der Waals surface area contributed by atoms with Crippen LogP contribution in [0.4, 0.5) is 0 Å². The molecule has 3 fully saturated rings. The van der Waals surface area contributed by atoms with Crippen LogP contribution >= 0.6 is 0 Å². The quantitative estimate of drug-likeness (QED) is 0.739. The van der Waals surface area contributed by atoms with E-state index in [1.54, 1.807) is 0 Å². The van der Waals surface area contributed by atoms with Crippen LogP contribution in [0, 0.1) is 0 Å². The minimum Gasteiger partial charge on any atom is -0.348 e. The summed E-state index contributed by atoms with van der Waals surface area (Å²) in [5.74, 6) is -0.187. The molecule has 3 nitrogen and oxygen atoms in total. The van der Waals surface area contributed by atoms with Gasteiger partial charge in [0.1, 0.15) is 0 Å². The summed E-state index contributed by atoms with van der Waals surface area (Å²) in [4.78, 5) is 2.65. The van der Waals surface area contributed by atoms with Crippen molar-refractivity contribution in [3.63, 3.8) is 0 Å². The third-order valence-electron chi connectivity index (χ3n) is 5.01. The molecule has 1 spiro atoms. The fourth-order valence-corrected chi connectivity index (χ4v) is 3.85. The van der Waals surface area contributed by atoms with E-state index in [1.165, 1.54) is 38.5 Å². The molecule has 2 aliphatic carbocycles. The molecule has 0 radical (unpaired) electrons. The van der Waals surface area contributed by atoms with Gasteiger partial charge in [-0.05, 0) is 32.7 Å². The zero-order valence-electron chi connectivity index (χ0n) is 11.0. The number of ether oxygens (including phenoxy) is 2. The van der Waals surface area contributed by atoms with Crippen LogP contribution in [0.1, 0.15) is 51.4 Å². The van der Waals surface area contributed by atoms with Gasteiger partial charge in [0.25, 0.3) is 0 Å². The van der Waals surface area contributed by atoms with Crippen molar-refractivity contribution in [2.75, 3.05) is 20.3 Å². The zero-order chi connectivity index (χ0) is 11.7. The van der Waals surface area contributed by atoms with Gasteiger partial charge in [0.15, 0.2) is 5.79 Å². The third kappa shape index (κ3) is 2.38. The molecule has 1 heterocycles. The Balaban J connectivity index is 1.53. The molecular formula is C14H25NO2. The molecule has 17 heavy (non-hydrogen) atoms. The van der Waals surface area contributed by atoms with Gasteiger partial charge >= 0.3 is 0 Å². The highest BCUT2D eigenvalue weighted by molar-refractivity contribution is 4.88. The summed E-state index contributed by atoms with van der Waals surface area (Å²) in [5.41, 5.74) is 0. The van der Waals surface area contributed by atoms with Crippen LogP contribution in [0.5, 0.6) is 0 Å². The molecule has 0 bridgehead atoms. The average Bonchev–Trinajstić information content (AvgIpc) is 3.01. The molecule has 0 atom stereocenters. The molecule has 0 unspecified atom stereocenters. The Labute approximate surface area is 104 Å². The lowest BCUT2D eigenvalue weighted by atomic mass is 9.88. The van der Waals surface area contributed by atoms with E-state index in [1.807, 2.05) is 0 Å². The molecule has 3 heteroatoms. The van der Waals surface area contributed by atoms with Gasteiger partial charge in [-0.3, -0.25) is 0 Å². The highest BCUT2D eigenvalue weighted by Gasteiger charge is 2.41. The number of rotatable bonds is 2. The highest BCUT2D eigenvalue weighted by Crippen LogP contribution is 2.38. The van der Waals surface area contributed by atoms with Crippen LogP contribution in [-0.4, -0.2) is 43.0 Å². The van der Waals surface area contributed by atoms with Gasteiger partial charge in [0, 0.05) is 24.9 Å². The topological polar surface area (TPSA) is 21.7 Å². The standard InChI is InChI=1S/C14H25NO2/c1-15(12-4-2-3-5-12)13-6-8-14(9-7-13)16-10-11-17-14/h12-13H,2-11H2,1H3. The van der Waals surface area contributed by atoms with Crippen molar-refractivity contribution in [3.8, 4) is 0 Å².